The second-order valence-electron chi connectivity index (χ2n) is 5.24. The molecule has 0 aliphatic carbocycles. The van der Waals surface area contributed by atoms with E-state index in [0.29, 0.717) is 23.6 Å². The van der Waals surface area contributed by atoms with E-state index in [4.69, 9.17) is 17.3 Å². The lowest BCUT2D eigenvalue weighted by molar-refractivity contribution is 0.262. The van der Waals surface area contributed by atoms with Crippen LogP contribution in [0.5, 0.6) is 0 Å². The third-order valence-electron chi connectivity index (χ3n) is 3.43. The summed E-state index contributed by atoms with van der Waals surface area (Å²) in [6, 6.07) is 10.9. The van der Waals surface area contributed by atoms with Gasteiger partial charge in [-0.15, -0.1) is 0 Å². The van der Waals surface area contributed by atoms with E-state index in [-0.39, 0.29) is 5.02 Å². The lowest BCUT2D eigenvalue weighted by atomic mass is 10.0. The number of urea groups is 1. The molecule has 0 aromatic heterocycles. The molecule has 7 heteroatoms. The maximum Gasteiger partial charge on any atom is 0.323 e. The monoisotopic (exact) mass is 344 g/mol. The minimum Gasteiger partial charge on any atom is -0.387 e. The number of hydrogen-bond donors (Lipinski definition) is 3. The number of amidine groups is 1. The number of halogens is 2. The Morgan fingerprint density at radius 2 is 1.92 bits per heavy atom. The van der Waals surface area contributed by atoms with E-state index in [1.807, 2.05) is 18.2 Å². The molecule has 2 amide bonds. The second kappa shape index (κ2) is 6.72. The highest BCUT2D eigenvalue weighted by molar-refractivity contribution is 6.31. The fraction of sp³-hybridized carbons (Fsp3) is 0.0588. The van der Waals surface area contributed by atoms with Crippen molar-refractivity contribution in [3.63, 3.8) is 0 Å². The highest BCUT2D eigenvalue weighted by Gasteiger charge is 2.11. The molecule has 1 heterocycles. The summed E-state index contributed by atoms with van der Waals surface area (Å²) >= 11 is 5.69. The average molecular weight is 345 g/mol. The number of aliphatic imine (C=N–C) groups is 1. The maximum atomic E-state index is 13.1. The minimum absolute atomic E-state index is 0.0550. The molecule has 2 aromatic rings. The van der Waals surface area contributed by atoms with Gasteiger partial charge < -0.3 is 16.4 Å². The van der Waals surface area contributed by atoms with Crippen LogP contribution in [0, 0.1) is 5.82 Å². The summed E-state index contributed by atoms with van der Waals surface area (Å²) in [6.07, 6.45) is 2.30. The first-order chi connectivity index (χ1) is 11.5. The molecule has 1 aliphatic heterocycles. The molecule has 4 N–H and O–H groups in total. The van der Waals surface area contributed by atoms with Gasteiger partial charge in [-0.2, -0.15) is 0 Å². The number of anilines is 2. The van der Waals surface area contributed by atoms with E-state index < -0.39 is 11.8 Å². The molecule has 2 aromatic carbocycles. The Morgan fingerprint density at radius 1 is 1.17 bits per heavy atom. The molecule has 122 valence electrons. The van der Waals surface area contributed by atoms with Crippen molar-refractivity contribution in [1.82, 2.24) is 0 Å². The van der Waals surface area contributed by atoms with Crippen LogP contribution in [0.15, 0.2) is 53.7 Å². The fourth-order valence-corrected chi connectivity index (χ4v) is 2.47. The van der Waals surface area contributed by atoms with Crippen molar-refractivity contribution in [1.29, 1.82) is 0 Å². The molecule has 0 fully saturated rings. The number of nitrogens with two attached hydrogens (primary N) is 1. The third kappa shape index (κ3) is 3.72. The van der Waals surface area contributed by atoms with Gasteiger partial charge in [0.1, 0.15) is 11.7 Å². The van der Waals surface area contributed by atoms with E-state index in [9.17, 15) is 9.18 Å². The molecule has 0 bridgehead atoms. The summed E-state index contributed by atoms with van der Waals surface area (Å²) in [5, 5.41) is 5.26. The van der Waals surface area contributed by atoms with Crippen LogP contribution in [-0.4, -0.2) is 11.9 Å². The molecule has 0 unspecified atom stereocenters. The van der Waals surface area contributed by atoms with Crippen molar-refractivity contribution in [3.8, 4) is 0 Å². The predicted octanol–water partition coefficient (Wildman–Crippen LogP) is 4.22. The predicted molar refractivity (Wildman–Crippen MR) is 94.7 cm³/mol. The fourth-order valence-electron chi connectivity index (χ4n) is 2.29. The molecule has 0 saturated carbocycles. The summed E-state index contributed by atoms with van der Waals surface area (Å²) in [5.74, 6) is 0.0240. The lowest BCUT2D eigenvalue weighted by Gasteiger charge is -2.10. The van der Waals surface area contributed by atoms with Gasteiger partial charge in [-0.25, -0.2) is 14.2 Å². The summed E-state index contributed by atoms with van der Waals surface area (Å²) in [4.78, 5) is 16.1. The smallest absolute Gasteiger partial charge is 0.323 e. The van der Waals surface area contributed by atoms with Crippen LogP contribution in [0.3, 0.4) is 0 Å². The van der Waals surface area contributed by atoms with Gasteiger partial charge >= 0.3 is 6.03 Å². The first-order valence-corrected chi connectivity index (χ1v) is 7.54. The van der Waals surface area contributed by atoms with E-state index in [2.05, 4.69) is 15.6 Å². The molecule has 5 nitrogen and oxygen atoms in total. The number of nitrogens with one attached hydrogen (secondary N) is 2. The molecule has 3 rings (SSSR count). The number of nitrogens with zero attached hydrogens (tertiary/aromatic N) is 1. The first kappa shape index (κ1) is 16.0. The van der Waals surface area contributed by atoms with Crippen molar-refractivity contribution in [2.24, 2.45) is 10.7 Å². The van der Waals surface area contributed by atoms with Crippen molar-refractivity contribution in [2.45, 2.75) is 6.42 Å². The van der Waals surface area contributed by atoms with Crippen molar-refractivity contribution in [2.75, 3.05) is 10.6 Å². The normalized spacial score (nSPS) is 13.2. The number of hydrogen-bond acceptors (Lipinski definition) is 3. The molecule has 0 radical (unpaired) electrons. The standard InChI is InChI=1S/C17H14ClFN4O/c18-14-8-13(4-5-15(14)19)23-17(24)22-12-3-1-2-10(6-12)11-7-16(20)21-9-11/h1-6,8-9H,7H2,(H2,20,21)(H2,22,23,24). The Labute approximate surface area is 143 Å². The first-order valence-electron chi connectivity index (χ1n) is 7.16. The van der Waals surface area contributed by atoms with Gasteiger partial charge in [0.05, 0.1) is 5.02 Å². The van der Waals surface area contributed by atoms with Crippen LogP contribution in [0.1, 0.15) is 12.0 Å². The Kier molecular flexibility index (Phi) is 4.48. The number of carbonyl (C=O) groups is 1. The van der Waals surface area contributed by atoms with E-state index >= 15 is 0 Å². The van der Waals surface area contributed by atoms with Crippen LogP contribution >= 0.6 is 11.6 Å². The second-order valence-corrected chi connectivity index (χ2v) is 5.65. The van der Waals surface area contributed by atoms with Crippen LogP contribution < -0.4 is 16.4 Å². The van der Waals surface area contributed by atoms with Crippen molar-refractivity contribution >= 4 is 40.4 Å². The Morgan fingerprint density at radius 3 is 2.58 bits per heavy atom. The Balaban J connectivity index is 1.67. The Bertz CT molecular complexity index is 863. The SMILES string of the molecule is NC1=NC=C(c2cccc(NC(=O)Nc3ccc(F)c(Cl)c3)c2)C1. The molecule has 24 heavy (non-hydrogen) atoms. The highest BCUT2D eigenvalue weighted by Crippen LogP contribution is 2.25. The Hall–Kier alpha value is -2.86. The average Bonchev–Trinajstić information content (AvgIpc) is 2.98. The summed E-state index contributed by atoms with van der Waals surface area (Å²) < 4.78 is 13.1. The molecule has 0 saturated heterocycles. The van der Waals surface area contributed by atoms with E-state index in [1.165, 1.54) is 18.2 Å². The zero-order chi connectivity index (χ0) is 17.1. The number of carbonyl (C=O) groups excluding carboxylic acids is 1. The number of rotatable bonds is 3. The van der Waals surface area contributed by atoms with Crippen LogP contribution in [0.4, 0.5) is 20.6 Å². The minimum atomic E-state index is -0.540. The van der Waals surface area contributed by atoms with Gasteiger partial charge in [0.2, 0.25) is 0 Å². The van der Waals surface area contributed by atoms with E-state index in [1.54, 1.807) is 12.3 Å². The molecular formula is C17H14ClFN4O. The molecular weight excluding hydrogens is 331 g/mol. The summed E-state index contributed by atoms with van der Waals surface area (Å²) in [5.41, 5.74) is 8.60. The quantitative estimate of drug-likeness (QED) is 0.779. The van der Waals surface area contributed by atoms with Crippen molar-refractivity contribution in [3.05, 3.63) is 65.1 Å². The summed E-state index contributed by atoms with van der Waals surface area (Å²) in [7, 11) is 0. The topological polar surface area (TPSA) is 79.5 Å². The third-order valence-corrected chi connectivity index (χ3v) is 3.72. The van der Waals surface area contributed by atoms with Gasteiger partial charge in [-0.3, -0.25) is 0 Å². The van der Waals surface area contributed by atoms with Gasteiger partial charge in [0.15, 0.2) is 0 Å². The number of amides is 2. The maximum absolute atomic E-state index is 13.1. The van der Waals surface area contributed by atoms with Gasteiger partial charge in [0.25, 0.3) is 0 Å². The number of benzene rings is 2. The van der Waals surface area contributed by atoms with Gasteiger partial charge in [0, 0.05) is 24.0 Å². The molecule has 0 atom stereocenters. The largest absolute Gasteiger partial charge is 0.387 e. The lowest BCUT2D eigenvalue weighted by Crippen LogP contribution is -2.19. The van der Waals surface area contributed by atoms with Crippen molar-refractivity contribution < 1.29 is 9.18 Å². The van der Waals surface area contributed by atoms with Gasteiger partial charge in [-0.05, 0) is 41.5 Å². The molecule has 0 spiro atoms. The van der Waals surface area contributed by atoms with Crippen LogP contribution in [-0.2, 0) is 0 Å². The molecule has 1 aliphatic rings. The zero-order valence-corrected chi connectivity index (χ0v) is 13.3. The highest BCUT2D eigenvalue weighted by atomic mass is 35.5. The van der Waals surface area contributed by atoms with E-state index in [0.717, 1.165) is 11.1 Å². The van der Waals surface area contributed by atoms with Gasteiger partial charge in [-0.1, -0.05) is 23.7 Å². The summed E-state index contributed by atoms with van der Waals surface area (Å²) in [6.45, 7) is 0. The van der Waals surface area contributed by atoms with Crippen LogP contribution in [0.2, 0.25) is 5.02 Å². The zero-order valence-electron chi connectivity index (χ0n) is 12.5. The van der Waals surface area contributed by atoms with Crippen LogP contribution in [0.25, 0.3) is 5.57 Å².